The topological polar surface area (TPSA) is 21.3 Å². The second kappa shape index (κ2) is 14.3. The number of hydrogen-bond acceptors (Lipinski definition) is 2. The third-order valence-electron chi connectivity index (χ3n) is 12.2. The summed E-state index contributed by atoms with van der Waals surface area (Å²) in [5.41, 5.74) is 15.6. The molecule has 0 unspecified atom stereocenters. The van der Waals surface area contributed by atoms with E-state index in [0.717, 1.165) is 61.3 Å². The first-order valence-electron chi connectivity index (χ1n) is 20.8. The van der Waals surface area contributed by atoms with Crippen molar-refractivity contribution in [2.75, 3.05) is 4.90 Å². The van der Waals surface area contributed by atoms with Crippen molar-refractivity contribution in [3.63, 3.8) is 0 Å². The molecular weight excluding hydrogens is 741 g/mol. The number of benzene rings is 10. The highest BCUT2D eigenvalue weighted by Crippen LogP contribution is 2.47. The predicted molar refractivity (Wildman–Crippen MR) is 257 cm³/mol. The average Bonchev–Trinajstić information content (AvgIpc) is 3.87. The van der Waals surface area contributed by atoms with Crippen LogP contribution >= 0.6 is 0 Å². The molecule has 286 valence electrons. The maximum Gasteiger partial charge on any atom is 0.161 e. The molecule has 0 aliphatic heterocycles. The summed E-state index contributed by atoms with van der Waals surface area (Å²) in [5, 5.41) is 6.95. The second-order valence-corrected chi connectivity index (χ2v) is 15.7. The predicted octanol–water partition coefficient (Wildman–Crippen LogP) is 16.3. The van der Waals surface area contributed by atoms with E-state index in [-0.39, 0.29) is 0 Å². The minimum Gasteiger partial charge on any atom is -0.454 e. The minimum atomic E-state index is 0.892. The van der Waals surface area contributed by atoms with E-state index >= 15 is 0 Å². The van der Waals surface area contributed by atoms with Gasteiger partial charge in [-0.1, -0.05) is 170 Å². The molecule has 12 aromatic rings. The van der Waals surface area contributed by atoms with Crippen LogP contribution in [0.5, 0.6) is 0 Å². The normalized spacial score (nSPS) is 11.6. The Labute approximate surface area is 353 Å². The Morgan fingerprint density at radius 2 is 0.787 bits per heavy atom. The van der Waals surface area contributed by atoms with Crippen LogP contribution in [0.2, 0.25) is 0 Å². The van der Waals surface area contributed by atoms with Crippen molar-refractivity contribution in [1.82, 2.24) is 4.57 Å². The first-order valence-corrected chi connectivity index (χ1v) is 20.8. The standard InChI is InChI=1S/C58H38N2O/c1-3-16-39(17-4-1)41-30-34-44(35-31-41)59(45-36-32-42(33-37-45)40-18-5-2-6-19-40)46-21-15-20-43(38-46)55-47-22-7-9-24-49(47)56(50-25-10-8-23-48(50)55)60-53-28-13-11-26-51(53)58-57(60)52-27-12-14-29-54(52)61-58/h1-38H. The zero-order chi connectivity index (χ0) is 40.3. The Balaban J connectivity index is 1.07. The number of nitrogens with zero attached hydrogens (tertiary/aromatic N) is 2. The minimum absolute atomic E-state index is 0.892. The van der Waals surface area contributed by atoms with Crippen LogP contribution in [0.3, 0.4) is 0 Å². The van der Waals surface area contributed by atoms with Crippen LogP contribution < -0.4 is 4.90 Å². The van der Waals surface area contributed by atoms with Crippen molar-refractivity contribution in [3.8, 4) is 39.1 Å². The summed E-state index contributed by atoms with van der Waals surface area (Å²) in [7, 11) is 0. The van der Waals surface area contributed by atoms with E-state index in [0.29, 0.717) is 0 Å². The average molecular weight is 779 g/mol. The molecule has 2 heterocycles. The zero-order valence-electron chi connectivity index (χ0n) is 33.2. The van der Waals surface area contributed by atoms with Gasteiger partial charge in [0, 0.05) is 38.6 Å². The van der Waals surface area contributed by atoms with Crippen molar-refractivity contribution in [1.29, 1.82) is 0 Å². The van der Waals surface area contributed by atoms with Gasteiger partial charge in [0.25, 0.3) is 0 Å². The Kier molecular flexibility index (Phi) is 8.17. The summed E-state index contributed by atoms with van der Waals surface area (Å²) in [6.45, 7) is 0. The lowest BCUT2D eigenvalue weighted by atomic mass is 9.90. The SMILES string of the molecule is c1ccc(-c2ccc(N(c3ccc(-c4ccccc4)cc3)c3cccc(-c4c5ccccc5c(-n5c6ccccc6c6oc7ccccc7c65)c5ccccc45)c3)cc2)cc1. The smallest absolute Gasteiger partial charge is 0.161 e. The largest absolute Gasteiger partial charge is 0.454 e. The summed E-state index contributed by atoms with van der Waals surface area (Å²) < 4.78 is 9.07. The van der Waals surface area contributed by atoms with Gasteiger partial charge in [0.2, 0.25) is 0 Å². The lowest BCUT2D eigenvalue weighted by molar-refractivity contribution is 0.673. The number of hydrogen-bond donors (Lipinski definition) is 0. The molecule has 0 saturated carbocycles. The van der Waals surface area contributed by atoms with E-state index in [9.17, 15) is 0 Å². The lowest BCUT2D eigenvalue weighted by Gasteiger charge is -2.27. The van der Waals surface area contributed by atoms with E-state index in [1.807, 2.05) is 6.07 Å². The Bertz CT molecular complexity index is 3420. The van der Waals surface area contributed by atoms with Gasteiger partial charge >= 0.3 is 0 Å². The van der Waals surface area contributed by atoms with Crippen LogP contribution in [-0.2, 0) is 0 Å². The lowest BCUT2D eigenvalue weighted by Crippen LogP contribution is -2.10. The molecule has 3 nitrogen and oxygen atoms in total. The number of fused-ring (bicyclic) bond motifs is 7. The molecular formula is C58H38N2O. The van der Waals surface area contributed by atoms with Gasteiger partial charge in [-0.15, -0.1) is 0 Å². The van der Waals surface area contributed by atoms with Crippen LogP contribution in [0.1, 0.15) is 0 Å². The Morgan fingerprint density at radius 3 is 1.38 bits per heavy atom. The van der Waals surface area contributed by atoms with E-state index in [4.69, 9.17) is 4.42 Å². The number of rotatable bonds is 7. The molecule has 10 aromatic carbocycles. The fourth-order valence-electron chi connectivity index (χ4n) is 9.42. The summed E-state index contributed by atoms with van der Waals surface area (Å²) in [5.74, 6) is 0. The van der Waals surface area contributed by atoms with E-state index in [1.165, 1.54) is 49.4 Å². The number of furan rings is 1. The Hall–Kier alpha value is -8.14. The Morgan fingerprint density at radius 1 is 0.328 bits per heavy atom. The third kappa shape index (κ3) is 5.74. The molecule has 0 saturated heterocycles. The van der Waals surface area contributed by atoms with Gasteiger partial charge in [-0.25, -0.2) is 0 Å². The van der Waals surface area contributed by atoms with Crippen molar-refractivity contribution in [2.24, 2.45) is 0 Å². The first-order chi connectivity index (χ1) is 30.3. The molecule has 0 atom stereocenters. The number of anilines is 3. The van der Waals surface area contributed by atoms with Crippen LogP contribution in [0.15, 0.2) is 235 Å². The van der Waals surface area contributed by atoms with E-state index in [2.05, 4.69) is 234 Å². The highest BCUT2D eigenvalue weighted by Gasteiger charge is 2.24. The molecule has 2 aromatic heterocycles. The summed E-state index contributed by atoms with van der Waals surface area (Å²) in [6.07, 6.45) is 0. The monoisotopic (exact) mass is 778 g/mol. The molecule has 0 radical (unpaired) electrons. The highest BCUT2D eigenvalue weighted by molar-refractivity contribution is 6.23. The van der Waals surface area contributed by atoms with Crippen LogP contribution in [0.4, 0.5) is 17.1 Å². The van der Waals surface area contributed by atoms with E-state index < -0.39 is 0 Å². The molecule has 0 N–H and O–H groups in total. The number of para-hydroxylation sites is 2. The maximum absolute atomic E-state index is 6.63. The second-order valence-electron chi connectivity index (χ2n) is 15.7. The molecule has 0 bridgehead atoms. The van der Waals surface area contributed by atoms with Crippen LogP contribution in [0, 0.1) is 0 Å². The summed E-state index contributed by atoms with van der Waals surface area (Å²) >= 11 is 0. The van der Waals surface area contributed by atoms with Gasteiger partial charge in [-0.05, 0) is 105 Å². The van der Waals surface area contributed by atoms with Gasteiger partial charge in [0.1, 0.15) is 11.1 Å². The molecule has 12 rings (SSSR count). The molecule has 0 aliphatic rings. The molecule has 61 heavy (non-hydrogen) atoms. The fourth-order valence-corrected chi connectivity index (χ4v) is 9.42. The fraction of sp³-hybridized carbons (Fsp3) is 0. The highest BCUT2D eigenvalue weighted by atomic mass is 16.3. The van der Waals surface area contributed by atoms with Gasteiger partial charge in [0.15, 0.2) is 5.58 Å². The molecule has 0 fully saturated rings. The summed E-state index contributed by atoms with van der Waals surface area (Å²) in [4.78, 5) is 2.37. The molecule has 3 heteroatoms. The molecule has 0 spiro atoms. The van der Waals surface area contributed by atoms with Gasteiger partial charge in [0.05, 0.1) is 11.2 Å². The van der Waals surface area contributed by atoms with Crippen molar-refractivity contribution >= 4 is 71.6 Å². The summed E-state index contributed by atoms with van der Waals surface area (Å²) in [6, 6.07) is 82.9. The number of aromatic nitrogens is 1. The molecule has 0 aliphatic carbocycles. The van der Waals surface area contributed by atoms with Gasteiger partial charge in [-0.2, -0.15) is 0 Å². The van der Waals surface area contributed by atoms with Crippen molar-refractivity contribution in [2.45, 2.75) is 0 Å². The maximum atomic E-state index is 6.63. The molecule has 0 amide bonds. The van der Waals surface area contributed by atoms with Crippen LogP contribution in [0.25, 0.3) is 93.6 Å². The first kappa shape index (κ1) is 34.9. The van der Waals surface area contributed by atoms with Crippen molar-refractivity contribution < 1.29 is 4.42 Å². The van der Waals surface area contributed by atoms with Crippen LogP contribution in [-0.4, -0.2) is 4.57 Å². The van der Waals surface area contributed by atoms with Gasteiger partial charge < -0.3 is 13.9 Å². The quantitative estimate of drug-likeness (QED) is 0.150. The van der Waals surface area contributed by atoms with Crippen molar-refractivity contribution in [3.05, 3.63) is 231 Å². The van der Waals surface area contributed by atoms with Gasteiger partial charge in [-0.3, -0.25) is 0 Å². The zero-order valence-corrected chi connectivity index (χ0v) is 33.2. The third-order valence-corrected chi connectivity index (χ3v) is 12.2. The van der Waals surface area contributed by atoms with E-state index in [1.54, 1.807) is 0 Å².